The molecule has 4 atom stereocenters. The standard InChI is InChI=1S/C20H30INO5Si/c1-12-16-15(9-10-20(2,3)28(4,5)25)27-22(17(16)19(24)26-12)11-13-7-6-8-14(21)18(13)23/h6-8,12,15-17,23,25H,9-11H2,1-5H3/t12-,15-,16+,17-/m0/s1. The monoisotopic (exact) mass is 519 g/mol. The summed E-state index contributed by atoms with van der Waals surface area (Å²) in [5, 5.41) is 11.9. The highest BCUT2D eigenvalue weighted by Crippen LogP contribution is 2.45. The largest absolute Gasteiger partial charge is 0.507 e. The molecule has 28 heavy (non-hydrogen) atoms. The Morgan fingerprint density at radius 1 is 1.32 bits per heavy atom. The normalized spacial score (nSPS) is 28.5. The van der Waals surface area contributed by atoms with Gasteiger partial charge in [0.1, 0.15) is 17.9 Å². The Hall–Kier alpha value is -0.683. The van der Waals surface area contributed by atoms with E-state index in [2.05, 4.69) is 36.4 Å². The van der Waals surface area contributed by atoms with E-state index in [1.807, 2.05) is 38.2 Å². The molecule has 0 aromatic heterocycles. The van der Waals surface area contributed by atoms with Gasteiger partial charge >= 0.3 is 5.97 Å². The molecule has 0 unspecified atom stereocenters. The number of aromatic hydroxyl groups is 1. The van der Waals surface area contributed by atoms with Crippen LogP contribution in [0.15, 0.2) is 18.2 Å². The van der Waals surface area contributed by atoms with Gasteiger partial charge in [0.2, 0.25) is 0 Å². The lowest BCUT2D eigenvalue weighted by Crippen LogP contribution is -2.40. The maximum atomic E-state index is 12.5. The number of phenols is 1. The highest BCUT2D eigenvalue weighted by molar-refractivity contribution is 14.1. The number of carbonyl (C=O) groups excluding carboxylic acids is 1. The van der Waals surface area contributed by atoms with E-state index in [1.54, 1.807) is 5.06 Å². The van der Waals surface area contributed by atoms with Crippen molar-refractivity contribution in [3.8, 4) is 5.75 Å². The summed E-state index contributed by atoms with van der Waals surface area (Å²) >= 11 is 2.09. The van der Waals surface area contributed by atoms with Gasteiger partial charge in [-0.15, -0.1) is 0 Å². The Morgan fingerprint density at radius 2 is 2.00 bits per heavy atom. The number of benzene rings is 1. The second kappa shape index (κ2) is 7.86. The van der Waals surface area contributed by atoms with Crippen molar-refractivity contribution in [1.82, 2.24) is 5.06 Å². The fourth-order valence-electron chi connectivity index (χ4n) is 3.92. The summed E-state index contributed by atoms with van der Waals surface area (Å²) in [6, 6.07) is 5.11. The first-order chi connectivity index (χ1) is 12.9. The fourth-order valence-corrected chi connectivity index (χ4v) is 5.23. The maximum Gasteiger partial charge on any atom is 0.326 e. The SMILES string of the molecule is C[C@@H]1OC(=O)[C@@H]2[C@H]1[C@H](CCC(C)(C)[Si](C)(C)O)ON2Cc1cccc(I)c1O. The molecule has 6 nitrogen and oxygen atoms in total. The van der Waals surface area contributed by atoms with Crippen LogP contribution in [0.2, 0.25) is 18.1 Å². The van der Waals surface area contributed by atoms with E-state index >= 15 is 0 Å². The average molecular weight is 519 g/mol. The van der Waals surface area contributed by atoms with E-state index in [9.17, 15) is 14.7 Å². The number of phenolic OH excluding ortho intramolecular Hbond substituents is 1. The molecular formula is C20H30INO5Si. The molecular weight excluding hydrogens is 489 g/mol. The quantitative estimate of drug-likeness (QED) is 0.338. The van der Waals surface area contributed by atoms with Crippen LogP contribution in [0.4, 0.5) is 0 Å². The van der Waals surface area contributed by atoms with Crippen molar-refractivity contribution in [1.29, 1.82) is 0 Å². The van der Waals surface area contributed by atoms with E-state index in [4.69, 9.17) is 9.57 Å². The summed E-state index contributed by atoms with van der Waals surface area (Å²) in [6.07, 6.45) is 1.22. The molecule has 0 bridgehead atoms. The first-order valence-corrected chi connectivity index (χ1v) is 13.8. The summed E-state index contributed by atoms with van der Waals surface area (Å²) in [6.45, 7) is 10.4. The molecule has 0 saturated carbocycles. The van der Waals surface area contributed by atoms with Gasteiger partial charge in [0, 0.05) is 5.56 Å². The molecule has 2 aliphatic rings. The Morgan fingerprint density at radius 3 is 2.64 bits per heavy atom. The van der Waals surface area contributed by atoms with Gasteiger partial charge in [-0.2, -0.15) is 5.06 Å². The highest BCUT2D eigenvalue weighted by Gasteiger charge is 2.56. The molecule has 2 heterocycles. The van der Waals surface area contributed by atoms with Gasteiger partial charge in [0.15, 0.2) is 8.32 Å². The van der Waals surface area contributed by atoms with E-state index in [0.29, 0.717) is 6.54 Å². The smallest absolute Gasteiger partial charge is 0.326 e. The number of rotatable bonds is 6. The summed E-state index contributed by atoms with van der Waals surface area (Å²) < 4.78 is 6.28. The second-order valence-electron chi connectivity index (χ2n) is 9.11. The lowest BCUT2D eigenvalue weighted by Gasteiger charge is -2.36. The van der Waals surface area contributed by atoms with Crippen molar-refractivity contribution in [2.24, 2.45) is 5.92 Å². The number of fused-ring (bicyclic) bond motifs is 1. The zero-order valence-corrected chi connectivity index (χ0v) is 20.3. The molecule has 3 rings (SSSR count). The minimum absolute atomic E-state index is 0.0447. The number of hydrogen-bond donors (Lipinski definition) is 2. The van der Waals surface area contributed by atoms with Crippen molar-refractivity contribution in [2.45, 2.75) is 76.5 Å². The highest BCUT2D eigenvalue weighted by atomic mass is 127. The first-order valence-electron chi connectivity index (χ1n) is 9.75. The van der Waals surface area contributed by atoms with Crippen LogP contribution in [0.25, 0.3) is 0 Å². The Kier molecular flexibility index (Phi) is 6.18. The topological polar surface area (TPSA) is 79.2 Å². The summed E-state index contributed by atoms with van der Waals surface area (Å²) in [4.78, 5) is 29.3. The summed E-state index contributed by atoms with van der Waals surface area (Å²) in [5.74, 6) is -0.0850. The second-order valence-corrected chi connectivity index (χ2v) is 14.7. The fraction of sp³-hybridized carbons (Fsp3) is 0.650. The van der Waals surface area contributed by atoms with Gasteiger partial charge in [0.05, 0.1) is 22.1 Å². The van der Waals surface area contributed by atoms with Crippen molar-refractivity contribution in [3.05, 3.63) is 27.3 Å². The molecule has 8 heteroatoms. The minimum Gasteiger partial charge on any atom is -0.507 e. The molecule has 0 spiro atoms. The minimum atomic E-state index is -2.31. The molecule has 2 fully saturated rings. The van der Waals surface area contributed by atoms with Crippen LogP contribution in [0.5, 0.6) is 5.75 Å². The Labute approximate surface area is 181 Å². The number of hydroxylamine groups is 2. The molecule has 1 aromatic carbocycles. The third-order valence-corrected chi connectivity index (χ3v) is 11.0. The maximum absolute atomic E-state index is 12.5. The van der Waals surface area contributed by atoms with Gasteiger partial charge in [-0.25, -0.2) is 0 Å². The van der Waals surface area contributed by atoms with Crippen LogP contribution in [-0.4, -0.2) is 47.5 Å². The predicted octanol–water partition coefficient (Wildman–Crippen LogP) is 3.80. The lowest BCUT2D eigenvalue weighted by atomic mass is 9.88. The van der Waals surface area contributed by atoms with E-state index in [0.717, 1.165) is 22.0 Å². The Balaban J connectivity index is 1.78. The molecule has 2 aliphatic heterocycles. The number of carbonyl (C=O) groups is 1. The van der Waals surface area contributed by atoms with Crippen LogP contribution in [0.3, 0.4) is 0 Å². The van der Waals surface area contributed by atoms with E-state index in [1.165, 1.54) is 0 Å². The number of esters is 1. The number of halogens is 1. The van der Waals surface area contributed by atoms with Crippen LogP contribution < -0.4 is 0 Å². The van der Waals surface area contributed by atoms with Crippen LogP contribution in [-0.2, 0) is 20.9 Å². The molecule has 0 aliphatic carbocycles. The zero-order chi connectivity index (χ0) is 20.9. The van der Waals surface area contributed by atoms with Gasteiger partial charge in [0.25, 0.3) is 0 Å². The number of hydrogen-bond acceptors (Lipinski definition) is 6. The van der Waals surface area contributed by atoms with Crippen molar-refractivity contribution in [3.63, 3.8) is 0 Å². The number of para-hydroxylation sites is 1. The number of cyclic esters (lactones) is 1. The Bertz CT molecular complexity index is 751. The van der Waals surface area contributed by atoms with Crippen molar-refractivity contribution >= 4 is 36.9 Å². The van der Waals surface area contributed by atoms with Crippen LogP contribution >= 0.6 is 22.6 Å². The molecule has 0 amide bonds. The summed E-state index contributed by atoms with van der Waals surface area (Å²) in [5.41, 5.74) is 0.725. The van der Waals surface area contributed by atoms with E-state index < -0.39 is 14.4 Å². The van der Waals surface area contributed by atoms with Crippen LogP contribution in [0.1, 0.15) is 39.2 Å². The molecule has 2 N–H and O–H groups in total. The summed E-state index contributed by atoms with van der Waals surface area (Å²) in [7, 11) is -2.31. The third-order valence-electron chi connectivity index (χ3n) is 6.57. The van der Waals surface area contributed by atoms with Gasteiger partial charge in [-0.1, -0.05) is 26.0 Å². The molecule has 156 valence electrons. The van der Waals surface area contributed by atoms with Crippen LogP contribution in [0, 0.1) is 9.49 Å². The average Bonchev–Trinajstić information content (AvgIpc) is 3.08. The molecule has 2 saturated heterocycles. The van der Waals surface area contributed by atoms with Crippen molar-refractivity contribution in [2.75, 3.05) is 0 Å². The van der Waals surface area contributed by atoms with Crippen molar-refractivity contribution < 1.29 is 24.3 Å². The first kappa shape index (κ1) is 22.0. The zero-order valence-electron chi connectivity index (χ0n) is 17.1. The predicted molar refractivity (Wildman–Crippen MR) is 117 cm³/mol. The van der Waals surface area contributed by atoms with Gasteiger partial charge < -0.3 is 14.6 Å². The third kappa shape index (κ3) is 4.11. The molecule has 1 aromatic rings. The van der Waals surface area contributed by atoms with Gasteiger partial charge in [-0.3, -0.25) is 9.63 Å². The number of ether oxygens (including phenoxy) is 1. The van der Waals surface area contributed by atoms with Gasteiger partial charge in [-0.05, 0) is 66.6 Å². The molecule has 0 radical (unpaired) electrons. The lowest BCUT2D eigenvalue weighted by molar-refractivity contribution is -0.191. The number of nitrogens with zero attached hydrogens (tertiary/aromatic N) is 1. The van der Waals surface area contributed by atoms with E-state index in [-0.39, 0.29) is 34.9 Å².